The number of aromatic nitrogens is 2. The van der Waals surface area contributed by atoms with E-state index in [2.05, 4.69) is 28.9 Å². The standard InChI is InChI=1S/C8H16N4OS/c1-6(2)3-4-13-5-7-8(10-9)14-12-11-7/h6,10H,3-5,9H2,1-2H3. The van der Waals surface area contributed by atoms with E-state index in [1.54, 1.807) is 0 Å². The molecule has 0 aromatic carbocycles. The van der Waals surface area contributed by atoms with Gasteiger partial charge < -0.3 is 10.2 Å². The van der Waals surface area contributed by atoms with Gasteiger partial charge in [0.1, 0.15) is 10.7 Å². The maximum Gasteiger partial charge on any atom is 0.149 e. The van der Waals surface area contributed by atoms with E-state index in [1.807, 2.05) is 0 Å². The lowest BCUT2D eigenvalue weighted by Crippen LogP contribution is -2.08. The first-order chi connectivity index (χ1) is 6.74. The Bertz CT molecular complexity index is 264. The van der Waals surface area contributed by atoms with Crippen LogP contribution in [0.25, 0.3) is 0 Å². The number of anilines is 1. The lowest BCUT2D eigenvalue weighted by molar-refractivity contribution is 0.108. The van der Waals surface area contributed by atoms with Gasteiger partial charge in [0, 0.05) is 18.1 Å². The van der Waals surface area contributed by atoms with Crippen molar-refractivity contribution in [1.29, 1.82) is 0 Å². The first kappa shape index (κ1) is 11.4. The van der Waals surface area contributed by atoms with Crippen molar-refractivity contribution in [2.45, 2.75) is 26.9 Å². The summed E-state index contributed by atoms with van der Waals surface area (Å²) in [5.41, 5.74) is 3.32. The molecule has 0 bridgehead atoms. The van der Waals surface area contributed by atoms with Gasteiger partial charge in [0.25, 0.3) is 0 Å². The van der Waals surface area contributed by atoms with Crippen molar-refractivity contribution in [3.8, 4) is 0 Å². The summed E-state index contributed by atoms with van der Waals surface area (Å²) in [6.45, 7) is 5.56. The van der Waals surface area contributed by atoms with Gasteiger partial charge in [0.05, 0.1) is 6.61 Å². The minimum absolute atomic E-state index is 0.475. The third-order valence-corrected chi connectivity index (χ3v) is 2.46. The summed E-state index contributed by atoms with van der Waals surface area (Å²) < 4.78 is 9.22. The quantitative estimate of drug-likeness (QED) is 0.427. The summed E-state index contributed by atoms with van der Waals surface area (Å²) in [6, 6.07) is 0. The number of nitrogens with zero attached hydrogens (tertiary/aromatic N) is 2. The Balaban J connectivity index is 2.24. The van der Waals surface area contributed by atoms with Crippen molar-refractivity contribution in [1.82, 2.24) is 9.59 Å². The molecule has 0 spiro atoms. The molecule has 14 heavy (non-hydrogen) atoms. The van der Waals surface area contributed by atoms with E-state index >= 15 is 0 Å². The molecular formula is C8H16N4OS. The van der Waals surface area contributed by atoms with E-state index in [9.17, 15) is 0 Å². The lowest BCUT2D eigenvalue weighted by atomic mass is 10.1. The molecule has 0 aliphatic rings. The van der Waals surface area contributed by atoms with Gasteiger partial charge >= 0.3 is 0 Å². The van der Waals surface area contributed by atoms with Crippen molar-refractivity contribution in [3.05, 3.63) is 5.69 Å². The highest BCUT2D eigenvalue weighted by Gasteiger charge is 2.06. The minimum atomic E-state index is 0.475. The zero-order chi connectivity index (χ0) is 10.4. The average molecular weight is 216 g/mol. The van der Waals surface area contributed by atoms with Crippen LogP contribution in [0, 0.1) is 5.92 Å². The number of ether oxygens (including phenoxy) is 1. The van der Waals surface area contributed by atoms with Crippen LogP contribution < -0.4 is 11.3 Å². The molecule has 0 fully saturated rings. The normalized spacial score (nSPS) is 10.9. The number of nitrogen functional groups attached to an aromatic ring is 1. The molecule has 3 N–H and O–H groups in total. The van der Waals surface area contributed by atoms with Gasteiger partial charge in [-0.25, -0.2) is 5.84 Å². The van der Waals surface area contributed by atoms with Crippen LogP contribution in [0.2, 0.25) is 0 Å². The zero-order valence-corrected chi connectivity index (χ0v) is 9.30. The molecule has 1 heterocycles. The zero-order valence-electron chi connectivity index (χ0n) is 8.49. The number of hydrazine groups is 1. The summed E-state index contributed by atoms with van der Waals surface area (Å²) in [5.74, 6) is 5.94. The van der Waals surface area contributed by atoms with Gasteiger partial charge in [-0.3, -0.25) is 0 Å². The van der Waals surface area contributed by atoms with E-state index in [4.69, 9.17) is 10.6 Å². The second-order valence-electron chi connectivity index (χ2n) is 3.43. The highest BCUT2D eigenvalue weighted by molar-refractivity contribution is 7.10. The van der Waals surface area contributed by atoms with Crippen LogP contribution in [0.15, 0.2) is 0 Å². The van der Waals surface area contributed by atoms with E-state index < -0.39 is 0 Å². The highest BCUT2D eigenvalue weighted by Crippen LogP contribution is 2.16. The van der Waals surface area contributed by atoms with Gasteiger partial charge in [-0.05, 0) is 12.3 Å². The molecule has 0 radical (unpaired) electrons. The van der Waals surface area contributed by atoms with E-state index in [0.717, 1.165) is 23.7 Å². The summed E-state index contributed by atoms with van der Waals surface area (Å²) >= 11 is 1.24. The van der Waals surface area contributed by atoms with Gasteiger partial charge in [-0.15, -0.1) is 5.10 Å². The molecule has 1 rings (SSSR count). The summed E-state index contributed by atoms with van der Waals surface area (Å²) in [6.07, 6.45) is 1.06. The van der Waals surface area contributed by atoms with Crippen LogP contribution in [0.3, 0.4) is 0 Å². The molecule has 6 heteroatoms. The number of rotatable bonds is 6. The summed E-state index contributed by atoms with van der Waals surface area (Å²) in [4.78, 5) is 0. The van der Waals surface area contributed by atoms with Crippen LogP contribution in [0.5, 0.6) is 0 Å². The molecule has 0 amide bonds. The molecule has 1 aromatic rings. The van der Waals surface area contributed by atoms with Gasteiger partial charge in [-0.1, -0.05) is 18.3 Å². The Morgan fingerprint density at radius 2 is 2.36 bits per heavy atom. The predicted molar refractivity (Wildman–Crippen MR) is 56.8 cm³/mol. The van der Waals surface area contributed by atoms with Crippen molar-refractivity contribution >= 4 is 16.5 Å². The van der Waals surface area contributed by atoms with Crippen molar-refractivity contribution in [2.24, 2.45) is 11.8 Å². The third kappa shape index (κ3) is 3.57. The minimum Gasteiger partial charge on any atom is -0.375 e. The molecular weight excluding hydrogens is 200 g/mol. The second-order valence-corrected chi connectivity index (χ2v) is 4.18. The second kappa shape index (κ2) is 5.90. The fourth-order valence-corrected chi connectivity index (χ4v) is 1.38. The SMILES string of the molecule is CC(C)CCOCc1nnsc1NN. The lowest BCUT2D eigenvalue weighted by Gasteiger charge is -2.05. The Morgan fingerprint density at radius 1 is 1.57 bits per heavy atom. The van der Waals surface area contributed by atoms with Crippen LogP contribution in [-0.4, -0.2) is 16.2 Å². The maximum absolute atomic E-state index is 5.44. The Hall–Kier alpha value is -0.720. The predicted octanol–water partition coefficient (Wildman–Crippen LogP) is 1.39. The van der Waals surface area contributed by atoms with Gasteiger partial charge in [0.2, 0.25) is 0 Å². The molecule has 0 aliphatic heterocycles. The molecule has 0 unspecified atom stereocenters. The topological polar surface area (TPSA) is 73.1 Å². The van der Waals surface area contributed by atoms with Crippen LogP contribution in [0.4, 0.5) is 5.00 Å². The maximum atomic E-state index is 5.44. The summed E-state index contributed by atoms with van der Waals surface area (Å²) in [7, 11) is 0. The largest absolute Gasteiger partial charge is 0.375 e. The third-order valence-electron chi connectivity index (χ3n) is 1.77. The Kier molecular flexibility index (Phi) is 4.78. The first-order valence-electron chi connectivity index (χ1n) is 4.59. The molecule has 5 nitrogen and oxygen atoms in total. The van der Waals surface area contributed by atoms with Gasteiger partial charge in [0.15, 0.2) is 0 Å². The Morgan fingerprint density at radius 3 is 3.00 bits per heavy atom. The number of nitrogens with one attached hydrogen (secondary N) is 1. The molecule has 0 aliphatic carbocycles. The highest BCUT2D eigenvalue weighted by atomic mass is 32.1. The van der Waals surface area contributed by atoms with E-state index in [1.165, 1.54) is 11.5 Å². The molecule has 0 saturated heterocycles. The number of nitrogens with two attached hydrogens (primary N) is 1. The average Bonchev–Trinajstić information content (AvgIpc) is 2.59. The van der Waals surface area contributed by atoms with Crippen molar-refractivity contribution in [3.63, 3.8) is 0 Å². The van der Waals surface area contributed by atoms with Crippen molar-refractivity contribution < 1.29 is 4.74 Å². The molecule has 80 valence electrons. The first-order valence-corrected chi connectivity index (χ1v) is 5.37. The number of hydrogen-bond acceptors (Lipinski definition) is 6. The van der Waals surface area contributed by atoms with Crippen LogP contribution >= 0.6 is 11.5 Å². The smallest absolute Gasteiger partial charge is 0.149 e. The van der Waals surface area contributed by atoms with Crippen molar-refractivity contribution in [2.75, 3.05) is 12.0 Å². The Labute approximate surface area is 87.8 Å². The van der Waals surface area contributed by atoms with Gasteiger partial charge in [-0.2, -0.15) is 0 Å². The van der Waals surface area contributed by atoms with E-state index in [0.29, 0.717) is 12.5 Å². The molecule has 0 saturated carbocycles. The fraction of sp³-hybridized carbons (Fsp3) is 0.750. The van der Waals surface area contributed by atoms with E-state index in [-0.39, 0.29) is 0 Å². The van der Waals surface area contributed by atoms with Crippen LogP contribution in [0.1, 0.15) is 26.0 Å². The van der Waals surface area contributed by atoms with Crippen LogP contribution in [-0.2, 0) is 11.3 Å². The fourth-order valence-electron chi connectivity index (χ4n) is 0.901. The number of hydrogen-bond donors (Lipinski definition) is 2. The summed E-state index contributed by atoms with van der Waals surface area (Å²) in [5, 5.41) is 4.68. The molecule has 0 atom stereocenters. The monoisotopic (exact) mass is 216 g/mol. The molecule has 1 aromatic heterocycles.